The molecule has 1 aliphatic heterocycles. The van der Waals surface area contributed by atoms with Crippen LogP contribution >= 0.6 is 0 Å². The average Bonchev–Trinajstić information content (AvgIpc) is 3.09. The highest BCUT2D eigenvalue weighted by Crippen LogP contribution is 2.32. The van der Waals surface area contributed by atoms with Crippen LogP contribution in [-0.4, -0.2) is 53.1 Å². The highest BCUT2D eigenvalue weighted by Gasteiger charge is 2.31. The number of anilines is 1. The standard InChI is InChI=1S/C21H24F3N3O5/c1-21(2,3)32-20(31)25-11-4-6-26(9-11)17-14(23)8-12-16(15(17)24)27(7-5-22)10-13(18(12)28)19(29)30/h8,10-11H,4-7,9H2,1-3H3,(H,25,31)(H,29,30). The van der Waals surface area contributed by atoms with Gasteiger partial charge in [0.05, 0.1) is 23.5 Å². The van der Waals surface area contributed by atoms with Gasteiger partial charge in [-0.15, -0.1) is 0 Å². The second kappa shape index (κ2) is 8.71. The molecule has 3 rings (SSSR count). The van der Waals surface area contributed by atoms with E-state index in [0.717, 1.165) is 16.8 Å². The van der Waals surface area contributed by atoms with E-state index in [2.05, 4.69) is 5.32 Å². The van der Waals surface area contributed by atoms with Crippen LogP contribution in [0.15, 0.2) is 17.1 Å². The van der Waals surface area contributed by atoms with Gasteiger partial charge in [0.1, 0.15) is 29.3 Å². The quantitative estimate of drug-likeness (QED) is 0.719. The molecule has 0 aliphatic carbocycles. The molecule has 2 heterocycles. The van der Waals surface area contributed by atoms with E-state index in [1.165, 1.54) is 4.90 Å². The summed E-state index contributed by atoms with van der Waals surface area (Å²) in [6, 6.07) is 0.341. The maximum Gasteiger partial charge on any atom is 0.407 e. The number of pyridine rings is 1. The lowest BCUT2D eigenvalue weighted by molar-refractivity contribution is 0.0508. The van der Waals surface area contributed by atoms with Crippen LogP contribution in [0.1, 0.15) is 37.6 Å². The molecule has 174 valence electrons. The van der Waals surface area contributed by atoms with Crippen LogP contribution < -0.4 is 15.6 Å². The van der Waals surface area contributed by atoms with Crippen molar-refractivity contribution in [2.45, 2.75) is 45.4 Å². The Morgan fingerprint density at radius 1 is 1.31 bits per heavy atom. The van der Waals surface area contributed by atoms with Crippen LogP contribution in [0.2, 0.25) is 0 Å². The monoisotopic (exact) mass is 455 g/mol. The Balaban J connectivity index is 1.99. The zero-order valence-electron chi connectivity index (χ0n) is 17.9. The third kappa shape index (κ3) is 4.66. The largest absolute Gasteiger partial charge is 0.477 e. The predicted molar refractivity (Wildman–Crippen MR) is 111 cm³/mol. The Hall–Kier alpha value is -3.24. The van der Waals surface area contributed by atoms with Crippen molar-refractivity contribution in [1.29, 1.82) is 0 Å². The number of ether oxygens (including phenoxy) is 1. The molecule has 1 aromatic carbocycles. The Morgan fingerprint density at radius 2 is 2.00 bits per heavy atom. The molecule has 8 nitrogen and oxygen atoms in total. The first-order valence-electron chi connectivity index (χ1n) is 10.0. The van der Waals surface area contributed by atoms with Crippen molar-refractivity contribution in [3.8, 4) is 0 Å². The molecule has 1 unspecified atom stereocenters. The summed E-state index contributed by atoms with van der Waals surface area (Å²) in [4.78, 5) is 37.1. The van der Waals surface area contributed by atoms with Gasteiger partial charge < -0.3 is 24.6 Å². The summed E-state index contributed by atoms with van der Waals surface area (Å²) in [5.74, 6) is -3.73. The number of nitrogens with one attached hydrogen (secondary N) is 1. The van der Waals surface area contributed by atoms with Crippen molar-refractivity contribution in [2.75, 3.05) is 24.7 Å². The predicted octanol–water partition coefficient (Wildman–Crippen LogP) is 3.05. The molecule has 0 spiro atoms. The summed E-state index contributed by atoms with van der Waals surface area (Å²) in [6.45, 7) is 4.05. The Kier molecular flexibility index (Phi) is 6.38. The maximum absolute atomic E-state index is 15.5. The molecule has 1 amide bonds. The minimum absolute atomic E-state index is 0.0825. The third-order valence-electron chi connectivity index (χ3n) is 5.01. The number of alkyl carbamates (subject to hydrolysis) is 1. The number of hydrogen-bond acceptors (Lipinski definition) is 5. The fourth-order valence-electron chi connectivity index (χ4n) is 3.74. The molecule has 0 saturated carbocycles. The zero-order chi connectivity index (χ0) is 23.8. The van der Waals surface area contributed by atoms with Gasteiger partial charge in [-0.2, -0.15) is 0 Å². The Bertz CT molecular complexity index is 1130. The molecule has 1 fully saturated rings. The fraction of sp³-hybridized carbons (Fsp3) is 0.476. The van der Waals surface area contributed by atoms with E-state index in [1.807, 2.05) is 0 Å². The number of fused-ring (bicyclic) bond motifs is 1. The van der Waals surface area contributed by atoms with E-state index in [0.29, 0.717) is 6.42 Å². The van der Waals surface area contributed by atoms with E-state index in [4.69, 9.17) is 4.74 Å². The molecular weight excluding hydrogens is 431 g/mol. The smallest absolute Gasteiger partial charge is 0.407 e. The highest BCUT2D eigenvalue weighted by molar-refractivity contribution is 5.93. The fourth-order valence-corrected chi connectivity index (χ4v) is 3.74. The lowest BCUT2D eigenvalue weighted by atomic mass is 10.1. The van der Waals surface area contributed by atoms with Crippen molar-refractivity contribution >= 4 is 28.7 Å². The van der Waals surface area contributed by atoms with Crippen LogP contribution in [0.3, 0.4) is 0 Å². The van der Waals surface area contributed by atoms with Crippen LogP contribution in [0.5, 0.6) is 0 Å². The summed E-state index contributed by atoms with van der Waals surface area (Å²) in [5, 5.41) is 11.4. The van der Waals surface area contributed by atoms with Crippen LogP contribution in [0, 0.1) is 11.6 Å². The molecule has 0 radical (unpaired) electrons. The molecule has 0 bridgehead atoms. The second-order valence-corrected chi connectivity index (χ2v) is 8.55. The van der Waals surface area contributed by atoms with Crippen molar-refractivity contribution < 1.29 is 32.6 Å². The average molecular weight is 455 g/mol. The number of aryl methyl sites for hydroxylation is 1. The van der Waals surface area contributed by atoms with Gasteiger partial charge in [-0.25, -0.2) is 22.8 Å². The number of carbonyl (C=O) groups excluding carboxylic acids is 1. The number of hydrogen-bond donors (Lipinski definition) is 2. The second-order valence-electron chi connectivity index (χ2n) is 8.55. The lowest BCUT2D eigenvalue weighted by Gasteiger charge is -2.23. The third-order valence-corrected chi connectivity index (χ3v) is 5.01. The number of nitrogens with zero attached hydrogens (tertiary/aromatic N) is 2. The summed E-state index contributed by atoms with van der Waals surface area (Å²) >= 11 is 0. The zero-order valence-corrected chi connectivity index (χ0v) is 17.9. The topological polar surface area (TPSA) is 101 Å². The number of benzene rings is 1. The molecule has 1 saturated heterocycles. The van der Waals surface area contributed by atoms with Gasteiger partial charge in [-0.1, -0.05) is 0 Å². The Labute approximate surface area is 181 Å². The van der Waals surface area contributed by atoms with Crippen molar-refractivity contribution in [2.24, 2.45) is 0 Å². The van der Waals surface area contributed by atoms with Crippen LogP contribution in [0.4, 0.5) is 23.7 Å². The van der Waals surface area contributed by atoms with Gasteiger partial charge in [0, 0.05) is 19.3 Å². The number of rotatable bonds is 5. The van der Waals surface area contributed by atoms with E-state index in [1.54, 1.807) is 20.8 Å². The van der Waals surface area contributed by atoms with Crippen molar-refractivity contribution in [3.63, 3.8) is 0 Å². The van der Waals surface area contributed by atoms with Gasteiger partial charge in [-0.05, 0) is 33.3 Å². The molecule has 1 atom stereocenters. The van der Waals surface area contributed by atoms with Gasteiger partial charge in [0.2, 0.25) is 5.43 Å². The highest BCUT2D eigenvalue weighted by atomic mass is 19.1. The van der Waals surface area contributed by atoms with E-state index in [-0.39, 0.29) is 18.6 Å². The van der Waals surface area contributed by atoms with E-state index in [9.17, 15) is 28.3 Å². The minimum atomic E-state index is -1.58. The number of halogens is 3. The van der Waals surface area contributed by atoms with Crippen LogP contribution in [-0.2, 0) is 11.3 Å². The van der Waals surface area contributed by atoms with Gasteiger partial charge >= 0.3 is 12.1 Å². The molecule has 2 N–H and O–H groups in total. The number of carbonyl (C=O) groups is 2. The first-order valence-corrected chi connectivity index (χ1v) is 10.0. The number of alkyl halides is 1. The number of amides is 1. The van der Waals surface area contributed by atoms with E-state index >= 15 is 4.39 Å². The summed E-state index contributed by atoms with van der Waals surface area (Å²) in [6.07, 6.45) is 0.598. The molecule has 32 heavy (non-hydrogen) atoms. The number of carboxylic acids is 1. The molecule has 1 aliphatic rings. The number of aromatic nitrogens is 1. The number of carboxylic acid groups (broad SMARTS) is 1. The first-order chi connectivity index (χ1) is 14.9. The lowest BCUT2D eigenvalue weighted by Crippen LogP contribution is -2.40. The summed E-state index contributed by atoms with van der Waals surface area (Å²) in [5.41, 5.74) is -3.27. The van der Waals surface area contributed by atoms with Crippen molar-refractivity contribution in [3.05, 3.63) is 39.7 Å². The summed E-state index contributed by atoms with van der Waals surface area (Å²) in [7, 11) is 0. The van der Waals surface area contributed by atoms with Crippen molar-refractivity contribution in [1.82, 2.24) is 9.88 Å². The van der Waals surface area contributed by atoms with Gasteiger partial charge in [0.15, 0.2) is 5.82 Å². The molecule has 11 heteroatoms. The minimum Gasteiger partial charge on any atom is -0.477 e. The molecule has 1 aromatic heterocycles. The Morgan fingerprint density at radius 3 is 2.59 bits per heavy atom. The first kappa shape index (κ1) is 23.4. The number of aromatic carboxylic acids is 1. The van der Waals surface area contributed by atoms with Gasteiger partial charge in [-0.3, -0.25) is 4.79 Å². The normalized spacial score (nSPS) is 16.4. The van der Waals surface area contributed by atoms with E-state index < -0.39 is 70.6 Å². The van der Waals surface area contributed by atoms with Gasteiger partial charge in [0.25, 0.3) is 0 Å². The SMILES string of the molecule is CC(C)(C)OC(=O)NC1CCN(c2c(F)cc3c(=O)c(C(=O)O)cn(CCF)c3c2F)C1. The molecule has 2 aromatic rings. The molecular formula is C21H24F3N3O5. The summed E-state index contributed by atoms with van der Waals surface area (Å²) < 4.78 is 49.6. The maximum atomic E-state index is 15.5. The van der Waals surface area contributed by atoms with Crippen LogP contribution in [0.25, 0.3) is 10.9 Å².